The maximum Gasteiger partial charge on any atom is 0.137 e. The zero-order valence-corrected chi connectivity index (χ0v) is 12.1. The number of benzene rings is 2. The minimum absolute atomic E-state index is 0.200. The average molecular weight is 320 g/mol. The minimum atomic E-state index is -0.200. The third-order valence-corrected chi connectivity index (χ3v) is 4.27. The molecule has 2 aromatic carbocycles. The van der Waals surface area contributed by atoms with Crippen molar-refractivity contribution in [1.29, 1.82) is 0 Å². The number of fused-ring (bicyclic) bond motifs is 1. The van der Waals surface area contributed by atoms with Crippen molar-refractivity contribution in [3.63, 3.8) is 0 Å². The molecule has 98 valence electrons. The molecule has 0 amide bonds. The van der Waals surface area contributed by atoms with Crippen LogP contribution in [0.25, 0.3) is 0 Å². The highest BCUT2D eigenvalue weighted by atomic mass is 79.9. The van der Waals surface area contributed by atoms with E-state index in [0.29, 0.717) is 17.1 Å². The van der Waals surface area contributed by atoms with Gasteiger partial charge in [0.05, 0.1) is 4.47 Å². The second-order valence-electron chi connectivity index (χ2n) is 5.00. The van der Waals surface area contributed by atoms with Crippen LogP contribution in [-0.2, 0) is 19.4 Å². The highest BCUT2D eigenvalue weighted by molar-refractivity contribution is 9.10. The Morgan fingerprint density at radius 1 is 1.11 bits per heavy atom. The van der Waals surface area contributed by atoms with Gasteiger partial charge < -0.3 is 5.32 Å². The third-order valence-electron chi connectivity index (χ3n) is 3.63. The van der Waals surface area contributed by atoms with Gasteiger partial charge in [0.15, 0.2) is 0 Å². The van der Waals surface area contributed by atoms with Crippen molar-refractivity contribution < 1.29 is 4.39 Å². The molecule has 0 aliphatic heterocycles. The lowest BCUT2D eigenvalue weighted by Gasteiger charge is -2.12. The molecule has 0 saturated carbocycles. The lowest BCUT2D eigenvalue weighted by molar-refractivity contribution is 0.530. The predicted octanol–water partition coefficient (Wildman–Crippen LogP) is 3.85. The van der Waals surface area contributed by atoms with Crippen LogP contribution in [0.2, 0.25) is 0 Å². The molecule has 1 aliphatic rings. The molecule has 0 unspecified atom stereocenters. The smallest absolute Gasteiger partial charge is 0.137 e. The summed E-state index contributed by atoms with van der Waals surface area (Å²) in [7, 11) is 0. The third kappa shape index (κ3) is 2.88. The number of halogens is 2. The highest BCUT2D eigenvalue weighted by Gasteiger charge is 2.20. The minimum Gasteiger partial charge on any atom is -0.309 e. The molecule has 0 bridgehead atoms. The Kier molecular flexibility index (Phi) is 3.67. The average Bonchev–Trinajstić information content (AvgIpc) is 2.83. The number of rotatable bonds is 3. The van der Waals surface area contributed by atoms with Gasteiger partial charge in [-0.25, -0.2) is 4.39 Å². The Bertz CT molecular complexity index is 572. The standard InChI is InChI=1S/C16H15BrFN/c17-15-6-5-11(7-16(15)18)10-19-14-8-12-3-1-2-4-13(12)9-14/h1-7,14,19H,8-10H2. The summed E-state index contributed by atoms with van der Waals surface area (Å²) >= 11 is 3.17. The summed E-state index contributed by atoms with van der Waals surface area (Å²) in [6.07, 6.45) is 2.13. The summed E-state index contributed by atoms with van der Waals surface area (Å²) in [5, 5.41) is 3.51. The monoisotopic (exact) mass is 319 g/mol. The summed E-state index contributed by atoms with van der Waals surface area (Å²) < 4.78 is 13.9. The van der Waals surface area contributed by atoms with Crippen LogP contribution in [0.15, 0.2) is 46.9 Å². The topological polar surface area (TPSA) is 12.0 Å². The van der Waals surface area contributed by atoms with Crippen molar-refractivity contribution in [3.8, 4) is 0 Å². The molecule has 0 radical (unpaired) electrons. The largest absolute Gasteiger partial charge is 0.309 e. The van der Waals surface area contributed by atoms with Crippen LogP contribution < -0.4 is 5.32 Å². The van der Waals surface area contributed by atoms with Gasteiger partial charge in [-0.05, 0) is 57.6 Å². The highest BCUT2D eigenvalue weighted by Crippen LogP contribution is 2.22. The maximum absolute atomic E-state index is 13.4. The van der Waals surface area contributed by atoms with E-state index in [2.05, 4.69) is 45.5 Å². The molecular formula is C16H15BrFN. The van der Waals surface area contributed by atoms with Crippen LogP contribution in [0.5, 0.6) is 0 Å². The molecule has 1 nitrogen and oxygen atoms in total. The molecule has 0 atom stereocenters. The van der Waals surface area contributed by atoms with Gasteiger partial charge in [-0.15, -0.1) is 0 Å². The van der Waals surface area contributed by atoms with E-state index in [1.807, 2.05) is 6.07 Å². The molecule has 0 spiro atoms. The van der Waals surface area contributed by atoms with Crippen LogP contribution >= 0.6 is 15.9 Å². The van der Waals surface area contributed by atoms with E-state index in [1.165, 1.54) is 11.1 Å². The fraction of sp³-hybridized carbons (Fsp3) is 0.250. The first-order valence-corrected chi connectivity index (χ1v) is 7.26. The molecule has 0 saturated heterocycles. The van der Waals surface area contributed by atoms with Crippen LogP contribution in [0, 0.1) is 5.82 Å². The molecule has 0 heterocycles. The number of hydrogen-bond acceptors (Lipinski definition) is 1. The lowest BCUT2D eigenvalue weighted by atomic mass is 10.1. The molecule has 0 fully saturated rings. The Morgan fingerprint density at radius 2 is 1.79 bits per heavy atom. The van der Waals surface area contributed by atoms with Crippen molar-refractivity contribution in [2.24, 2.45) is 0 Å². The first-order valence-electron chi connectivity index (χ1n) is 6.46. The van der Waals surface area contributed by atoms with E-state index >= 15 is 0 Å². The van der Waals surface area contributed by atoms with Gasteiger partial charge in [0.1, 0.15) is 5.82 Å². The van der Waals surface area contributed by atoms with Crippen molar-refractivity contribution in [2.45, 2.75) is 25.4 Å². The molecule has 3 rings (SSSR count). The summed E-state index contributed by atoms with van der Waals surface area (Å²) in [5.74, 6) is -0.200. The van der Waals surface area contributed by atoms with Crippen molar-refractivity contribution >= 4 is 15.9 Å². The molecule has 0 aromatic heterocycles. The summed E-state index contributed by atoms with van der Waals surface area (Å²) in [6.45, 7) is 0.711. The van der Waals surface area contributed by atoms with Gasteiger partial charge in [-0.1, -0.05) is 30.3 Å². The van der Waals surface area contributed by atoms with Crippen molar-refractivity contribution in [3.05, 3.63) is 69.4 Å². The zero-order chi connectivity index (χ0) is 13.2. The Morgan fingerprint density at radius 3 is 2.42 bits per heavy atom. The second kappa shape index (κ2) is 5.43. The summed E-state index contributed by atoms with van der Waals surface area (Å²) in [6, 6.07) is 14.3. The van der Waals surface area contributed by atoms with E-state index in [0.717, 1.165) is 18.4 Å². The molecular weight excluding hydrogens is 305 g/mol. The van der Waals surface area contributed by atoms with Crippen LogP contribution in [-0.4, -0.2) is 6.04 Å². The Hall–Kier alpha value is -1.19. The van der Waals surface area contributed by atoms with E-state index < -0.39 is 0 Å². The van der Waals surface area contributed by atoms with Gasteiger partial charge in [0.2, 0.25) is 0 Å². The number of hydrogen-bond donors (Lipinski definition) is 1. The maximum atomic E-state index is 13.4. The molecule has 19 heavy (non-hydrogen) atoms. The number of nitrogens with one attached hydrogen (secondary N) is 1. The summed E-state index contributed by atoms with van der Waals surface area (Å²) in [5.41, 5.74) is 3.85. The van der Waals surface area contributed by atoms with E-state index in [9.17, 15) is 4.39 Å². The molecule has 1 N–H and O–H groups in total. The lowest BCUT2D eigenvalue weighted by Crippen LogP contribution is -2.28. The first kappa shape index (κ1) is 12.8. The van der Waals surface area contributed by atoms with E-state index in [1.54, 1.807) is 12.1 Å². The van der Waals surface area contributed by atoms with E-state index in [-0.39, 0.29) is 5.82 Å². The van der Waals surface area contributed by atoms with Gasteiger partial charge in [0, 0.05) is 12.6 Å². The van der Waals surface area contributed by atoms with Gasteiger partial charge in [0.25, 0.3) is 0 Å². The first-order chi connectivity index (χ1) is 9.22. The Labute approximate surface area is 121 Å². The fourth-order valence-electron chi connectivity index (χ4n) is 2.61. The Balaban J connectivity index is 1.61. The second-order valence-corrected chi connectivity index (χ2v) is 5.86. The van der Waals surface area contributed by atoms with Gasteiger partial charge in [-0.3, -0.25) is 0 Å². The van der Waals surface area contributed by atoms with Crippen molar-refractivity contribution in [2.75, 3.05) is 0 Å². The van der Waals surface area contributed by atoms with Crippen molar-refractivity contribution in [1.82, 2.24) is 5.32 Å². The predicted molar refractivity (Wildman–Crippen MR) is 78.6 cm³/mol. The molecule has 1 aliphatic carbocycles. The normalized spacial score (nSPS) is 14.6. The SMILES string of the molecule is Fc1cc(CNC2Cc3ccccc3C2)ccc1Br. The van der Waals surface area contributed by atoms with Gasteiger partial charge in [-0.2, -0.15) is 0 Å². The zero-order valence-electron chi connectivity index (χ0n) is 10.5. The van der Waals surface area contributed by atoms with Crippen LogP contribution in [0.4, 0.5) is 4.39 Å². The fourth-order valence-corrected chi connectivity index (χ4v) is 2.86. The molecule has 3 heteroatoms. The molecule has 2 aromatic rings. The van der Waals surface area contributed by atoms with Crippen LogP contribution in [0.1, 0.15) is 16.7 Å². The van der Waals surface area contributed by atoms with Crippen LogP contribution in [0.3, 0.4) is 0 Å². The quantitative estimate of drug-likeness (QED) is 0.906. The van der Waals surface area contributed by atoms with Gasteiger partial charge >= 0.3 is 0 Å². The summed E-state index contributed by atoms with van der Waals surface area (Å²) in [4.78, 5) is 0. The van der Waals surface area contributed by atoms with E-state index in [4.69, 9.17) is 0 Å².